The van der Waals surface area contributed by atoms with Crippen molar-refractivity contribution in [1.29, 1.82) is 0 Å². The molecule has 3 heteroatoms. The van der Waals surface area contributed by atoms with E-state index in [1.165, 1.54) is 24.8 Å². The lowest BCUT2D eigenvalue weighted by Crippen LogP contribution is -2.26. The number of aromatic nitrogens is 1. The highest BCUT2D eigenvalue weighted by molar-refractivity contribution is 9.10. The van der Waals surface area contributed by atoms with Crippen molar-refractivity contribution in [2.24, 2.45) is 0 Å². The van der Waals surface area contributed by atoms with Gasteiger partial charge in [0.2, 0.25) is 0 Å². The van der Waals surface area contributed by atoms with E-state index in [0.717, 1.165) is 11.0 Å². The third-order valence-electron chi connectivity index (χ3n) is 2.44. The minimum Gasteiger partial charge on any atom is -0.310 e. The number of halogens is 1. The molecule has 1 atom stereocenters. The third-order valence-corrected chi connectivity index (χ3v) is 2.87. The summed E-state index contributed by atoms with van der Waals surface area (Å²) in [5.74, 6) is 0. The molecule has 1 aliphatic heterocycles. The molecular formula is C10H13BrN2. The zero-order chi connectivity index (χ0) is 9.10. The van der Waals surface area contributed by atoms with Gasteiger partial charge in [0.25, 0.3) is 0 Å². The fraction of sp³-hybridized carbons (Fsp3) is 0.500. The first-order valence-corrected chi connectivity index (χ1v) is 5.49. The molecule has 70 valence electrons. The van der Waals surface area contributed by atoms with Crippen molar-refractivity contribution < 1.29 is 0 Å². The highest BCUT2D eigenvalue weighted by Crippen LogP contribution is 2.23. The van der Waals surface area contributed by atoms with Gasteiger partial charge in [0.05, 0.1) is 0 Å². The van der Waals surface area contributed by atoms with Crippen LogP contribution in [0.5, 0.6) is 0 Å². The third kappa shape index (κ3) is 2.29. The molecule has 1 N–H and O–H groups in total. The Morgan fingerprint density at radius 3 is 3.00 bits per heavy atom. The van der Waals surface area contributed by atoms with Gasteiger partial charge in [0.15, 0.2) is 0 Å². The maximum absolute atomic E-state index is 4.17. The molecule has 0 spiro atoms. The van der Waals surface area contributed by atoms with Gasteiger partial charge in [0, 0.05) is 22.9 Å². The maximum atomic E-state index is 4.17. The lowest BCUT2D eigenvalue weighted by Gasteiger charge is -2.23. The number of hydrogen-bond acceptors (Lipinski definition) is 2. The van der Waals surface area contributed by atoms with Crippen molar-refractivity contribution in [3.8, 4) is 0 Å². The second-order valence-corrected chi connectivity index (χ2v) is 4.35. The predicted molar refractivity (Wildman–Crippen MR) is 56.5 cm³/mol. The van der Waals surface area contributed by atoms with E-state index in [0.29, 0.717) is 6.04 Å². The molecule has 0 amide bonds. The van der Waals surface area contributed by atoms with Gasteiger partial charge in [-0.1, -0.05) is 6.42 Å². The molecule has 1 aromatic rings. The SMILES string of the molecule is Brc1cncc(C2CCCCN2)c1. The largest absolute Gasteiger partial charge is 0.310 e. The minimum absolute atomic E-state index is 0.513. The molecule has 1 aliphatic rings. The average molecular weight is 241 g/mol. The molecule has 1 fully saturated rings. The van der Waals surface area contributed by atoms with Crippen molar-refractivity contribution in [3.05, 3.63) is 28.5 Å². The van der Waals surface area contributed by atoms with E-state index in [1.54, 1.807) is 0 Å². The van der Waals surface area contributed by atoms with E-state index >= 15 is 0 Å². The molecule has 1 saturated heterocycles. The normalized spacial score (nSPS) is 23.0. The number of rotatable bonds is 1. The molecule has 0 aromatic carbocycles. The highest BCUT2D eigenvalue weighted by Gasteiger charge is 2.14. The molecule has 0 saturated carbocycles. The molecule has 2 nitrogen and oxygen atoms in total. The monoisotopic (exact) mass is 240 g/mol. The van der Waals surface area contributed by atoms with Crippen LogP contribution in [0, 0.1) is 0 Å². The van der Waals surface area contributed by atoms with Crippen LogP contribution < -0.4 is 5.32 Å². The van der Waals surface area contributed by atoms with Gasteiger partial charge < -0.3 is 5.32 Å². The first kappa shape index (κ1) is 9.16. The molecule has 2 rings (SSSR count). The van der Waals surface area contributed by atoms with Crippen LogP contribution in [0.25, 0.3) is 0 Å². The van der Waals surface area contributed by atoms with Crippen LogP contribution in [0.1, 0.15) is 30.9 Å². The molecule has 0 bridgehead atoms. The molecular weight excluding hydrogens is 228 g/mol. The zero-order valence-corrected chi connectivity index (χ0v) is 9.05. The molecule has 1 aromatic heterocycles. The molecule has 13 heavy (non-hydrogen) atoms. The Hall–Kier alpha value is -0.410. The Balaban J connectivity index is 2.14. The first-order valence-electron chi connectivity index (χ1n) is 4.70. The summed E-state index contributed by atoms with van der Waals surface area (Å²) in [6, 6.07) is 2.66. The van der Waals surface area contributed by atoms with Crippen molar-refractivity contribution in [2.75, 3.05) is 6.54 Å². The topological polar surface area (TPSA) is 24.9 Å². The summed E-state index contributed by atoms with van der Waals surface area (Å²) in [4.78, 5) is 4.17. The van der Waals surface area contributed by atoms with Crippen LogP contribution in [-0.4, -0.2) is 11.5 Å². The predicted octanol–water partition coefficient (Wildman–Crippen LogP) is 2.66. The van der Waals surface area contributed by atoms with Crippen LogP contribution >= 0.6 is 15.9 Å². The Kier molecular flexibility index (Phi) is 2.96. The van der Waals surface area contributed by atoms with Crippen LogP contribution in [0.3, 0.4) is 0 Å². The second-order valence-electron chi connectivity index (χ2n) is 3.44. The first-order chi connectivity index (χ1) is 6.36. The van der Waals surface area contributed by atoms with E-state index in [2.05, 4.69) is 32.3 Å². The number of piperidine rings is 1. The summed E-state index contributed by atoms with van der Waals surface area (Å²) in [5, 5.41) is 3.50. The van der Waals surface area contributed by atoms with Crippen molar-refractivity contribution in [2.45, 2.75) is 25.3 Å². The quantitative estimate of drug-likeness (QED) is 0.817. The van der Waals surface area contributed by atoms with Crippen LogP contribution in [-0.2, 0) is 0 Å². The van der Waals surface area contributed by atoms with E-state index in [4.69, 9.17) is 0 Å². The van der Waals surface area contributed by atoms with Crippen molar-refractivity contribution >= 4 is 15.9 Å². The number of nitrogens with zero attached hydrogens (tertiary/aromatic N) is 1. The van der Waals surface area contributed by atoms with Crippen molar-refractivity contribution in [1.82, 2.24) is 10.3 Å². The van der Waals surface area contributed by atoms with Crippen LogP contribution in [0.15, 0.2) is 22.9 Å². The van der Waals surface area contributed by atoms with Crippen LogP contribution in [0.4, 0.5) is 0 Å². The lowest BCUT2D eigenvalue weighted by atomic mass is 9.99. The Bertz CT molecular complexity index is 282. The highest BCUT2D eigenvalue weighted by atomic mass is 79.9. The van der Waals surface area contributed by atoms with E-state index in [9.17, 15) is 0 Å². The smallest absolute Gasteiger partial charge is 0.0410 e. The Morgan fingerprint density at radius 2 is 2.31 bits per heavy atom. The molecule has 2 heterocycles. The van der Waals surface area contributed by atoms with Gasteiger partial charge in [-0.15, -0.1) is 0 Å². The lowest BCUT2D eigenvalue weighted by molar-refractivity contribution is 0.411. The van der Waals surface area contributed by atoms with Gasteiger partial charge in [-0.2, -0.15) is 0 Å². The summed E-state index contributed by atoms with van der Waals surface area (Å²) in [7, 11) is 0. The van der Waals surface area contributed by atoms with Gasteiger partial charge in [0.1, 0.15) is 0 Å². The van der Waals surface area contributed by atoms with Crippen LogP contribution in [0.2, 0.25) is 0 Å². The summed E-state index contributed by atoms with van der Waals surface area (Å²) in [6.45, 7) is 1.14. The maximum Gasteiger partial charge on any atom is 0.0410 e. The molecule has 0 aliphatic carbocycles. The summed E-state index contributed by atoms with van der Waals surface area (Å²) >= 11 is 3.44. The summed E-state index contributed by atoms with van der Waals surface area (Å²) < 4.78 is 1.07. The van der Waals surface area contributed by atoms with E-state index < -0.39 is 0 Å². The molecule has 0 radical (unpaired) electrons. The zero-order valence-electron chi connectivity index (χ0n) is 7.46. The van der Waals surface area contributed by atoms with E-state index in [1.807, 2.05) is 12.4 Å². The average Bonchev–Trinajstić information content (AvgIpc) is 2.19. The summed E-state index contributed by atoms with van der Waals surface area (Å²) in [6.07, 6.45) is 7.64. The van der Waals surface area contributed by atoms with Gasteiger partial charge in [-0.3, -0.25) is 4.98 Å². The van der Waals surface area contributed by atoms with Gasteiger partial charge in [-0.05, 0) is 46.9 Å². The minimum atomic E-state index is 0.513. The summed E-state index contributed by atoms with van der Waals surface area (Å²) in [5.41, 5.74) is 1.30. The standard InChI is InChI=1S/C10H13BrN2/c11-9-5-8(6-12-7-9)10-3-1-2-4-13-10/h5-7,10,13H,1-4H2. The fourth-order valence-electron chi connectivity index (χ4n) is 1.76. The second kappa shape index (κ2) is 4.20. The number of hydrogen-bond donors (Lipinski definition) is 1. The Labute approximate surface area is 86.9 Å². The number of nitrogens with one attached hydrogen (secondary N) is 1. The Morgan fingerprint density at radius 1 is 1.38 bits per heavy atom. The van der Waals surface area contributed by atoms with E-state index in [-0.39, 0.29) is 0 Å². The number of pyridine rings is 1. The van der Waals surface area contributed by atoms with Crippen molar-refractivity contribution in [3.63, 3.8) is 0 Å². The van der Waals surface area contributed by atoms with Gasteiger partial charge in [-0.25, -0.2) is 0 Å². The van der Waals surface area contributed by atoms with Gasteiger partial charge >= 0.3 is 0 Å². The molecule has 1 unspecified atom stereocenters. The fourth-order valence-corrected chi connectivity index (χ4v) is 2.14.